The number of morpholine rings is 1. The second kappa shape index (κ2) is 7.92. The SMILES string of the molecule is CC(=O)Nc1ccc(Nc2cc(C(=O)N3CCOCC3)nc(C)n2)cc1. The fraction of sp³-hybridized carbons (Fsp3) is 0.333. The van der Waals surface area contributed by atoms with Gasteiger partial charge in [-0.2, -0.15) is 0 Å². The molecule has 136 valence electrons. The van der Waals surface area contributed by atoms with Gasteiger partial charge in [-0.05, 0) is 31.2 Å². The first-order valence-electron chi connectivity index (χ1n) is 8.38. The van der Waals surface area contributed by atoms with Gasteiger partial charge < -0.3 is 20.3 Å². The second-order valence-corrected chi connectivity index (χ2v) is 5.97. The number of amides is 2. The van der Waals surface area contributed by atoms with E-state index in [1.807, 2.05) is 12.1 Å². The number of rotatable bonds is 4. The van der Waals surface area contributed by atoms with Crippen LogP contribution in [0.1, 0.15) is 23.2 Å². The number of carbonyl (C=O) groups excluding carboxylic acids is 2. The summed E-state index contributed by atoms with van der Waals surface area (Å²) in [6.45, 7) is 5.43. The van der Waals surface area contributed by atoms with E-state index in [0.29, 0.717) is 49.3 Å². The largest absolute Gasteiger partial charge is 0.378 e. The standard InChI is InChI=1S/C18H21N5O3/c1-12-19-16(18(25)23-7-9-26-10-8-23)11-17(20-12)22-15-5-3-14(4-6-15)21-13(2)24/h3-6,11H,7-10H2,1-2H3,(H,21,24)(H,19,20,22). The van der Waals surface area contributed by atoms with Crippen molar-refractivity contribution in [3.05, 3.63) is 41.9 Å². The Morgan fingerprint density at radius 2 is 1.73 bits per heavy atom. The molecule has 8 heteroatoms. The van der Waals surface area contributed by atoms with Gasteiger partial charge in [-0.1, -0.05) is 0 Å². The van der Waals surface area contributed by atoms with Gasteiger partial charge in [0, 0.05) is 37.5 Å². The summed E-state index contributed by atoms with van der Waals surface area (Å²) in [5, 5.41) is 5.88. The first-order valence-corrected chi connectivity index (χ1v) is 8.38. The van der Waals surface area contributed by atoms with Crippen LogP contribution in [0.25, 0.3) is 0 Å². The van der Waals surface area contributed by atoms with Crippen LogP contribution in [0, 0.1) is 6.92 Å². The Bertz CT molecular complexity index is 801. The van der Waals surface area contributed by atoms with Crippen molar-refractivity contribution in [2.75, 3.05) is 36.9 Å². The van der Waals surface area contributed by atoms with Crippen LogP contribution in [0.15, 0.2) is 30.3 Å². The van der Waals surface area contributed by atoms with Crippen LogP contribution in [0.5, 0.6) is 0 Å². The number of nitrogens with zero attached hydrogens (tertiary/aromatic N) is 3. The summed E-state index contributed by atoms with van der Waals surface area (Å²) in [5.74, 6) is 0.814. The molecule has 0 atom stereocenters. The maximum absolute atomic E-state index is 12.6. The minimum absolute atomic E-state index is 0.122. The Hall–Kier alpha value is -3.00. The van der Waals surface area contributed by atoms with E-state index in [0.717, 1.165) is 5.69 Å². The number of benzene rings is 1. The molecule has 26 heavy (non-hydrogen) atoms. The van der Waals surface area contributed by atoms with Gasteiger partial charge in [0.15, 0.2) is 0 Å². The monoisotopic (exact) mass is 355 g/mol. The van der Waals surface area contributed by atoms with Crippen molar-refractivity contribution in [2.45, 2.75) is 13.8 Å². The molecule has 0 aliphatic carbocycles. The number of hydrogen-bond acceptors (Lipinski definition) is 6. The number of ether oxygens (including phenoxy) is 1. The first kappa shape index (κ1) is 17.8. The molecule has 1 aromatic heterocycles. The van der Waals surface area contributed by atoms with E-state index in [2.05, 4.69) is 20.6 Å². The van der Waals surface area contributed by atoms with E-state index < -0.39 is 0 Å². The maximum atomic E-state index is 12.6. The number of aryl methyl sites for hydroxylation is 1. The van der Waals surface area contributed by atoms with E-state index >= 15 is 0 Å². The molecule has 2 aromatic rings. The molecule has 1 aliphatic heterocycles. The average Bonchev–Trinajstić information content (AvgIpc) is 2.62. The Morgan fingerprint density at radius 3 is 2.38 bits per heavy atom. The van der Waals surface area contributed by atoms with Crippen LogP contribution < -0.4 is 10.6 Å². The molecule has 1 saturated heterocycles. The summed E-state index contributed by atoms with van der Waals surface area (Å²) in [7, 11) is 0. The molecule has 2 heterocycles. The van der Waals surface area contributed by atoms with Gasteiger partial charge >= 0.3 is 0 Å². The zero-order valence-corrected chi connectivity index (χ0v) is 14.8. The lowest BCUT2D eigenvalue weighted by atomic mass is 10.2. The van der Waals surface area contributed by atoms with Crippen molar-refractivity contribution >= 4 is 29.0 Å². The lowest BCUT2D eigenvalue weighted by Crippen LogP contribution is -2.41. The number of aromatic nitrogens is 2. The predicted octanol–water partition coefficient (Wildman–Crippen LogP) is 1.96. The third-order valence-electron chi connectivity index (χ3n) is 3.83. The summed E-state index contributed by atoms with van der Waals surface area (Å²) in [6, 6.07) is 8.88. The second-order valence-electron chi connectivity index (χ2n) is 5.97. The predicted molar refractivity (Wildman–Crippen MR) is 97.5 cm³/mol. The molecule has 1 aliphatic rings. The third kappa shape index (κ3) is 4.54. The van der Waals surface area contributed by atoms with Crippen LogP contribution >= 0.6 is 0 Å². The normalized spacial score (nSPS) is 14.0. The van der Waals surface area contributed by atoms with Gasteiger partial charge in [-0.3, -0.25) is 9.59 Å². The Labute approximate surface area is 151 Å². The van der Waals surface area contributed by atoms with Crippen molar-refractivity contribution in [1.29, 1.82) is 0 Å². The van der Waals surface area contributed by atoms with Gasteiger partial charge in [0.05, 0.1) is 13.2 Å². The molecule has 0 saturated carbocycles. The molecule has 2 amide bonds. The van der Waals surface area contributed by atoms with Crippen LogP contribution in [-0.4, -0.2) is 53.0 Å². The number of carbonyl (C=O) groups is 2. The molecule has 0 radical (unpaired) electrons. The summed E-state index contributed by atoms with van der Waals surface area (Å²) in [5.41, 5.74) is 1.86. The lowest BCUT2D eigenvalue weighted by Gasteiger charge is -2.26. The van der Waals surface area contributed by atoms with E-state index in [4.69, 9.17) is 4.74 Å². The summed E-state index contributed by atoms with van der Waals surface area (Å²) in [4.78, 5) is 34.0. The lowest BCUT2D eigenvalue weighted by molar-refractivity contribution is -0.114. The highest BCUT2D eigenvalue weighted by atomic mass is 16.5. The van der Waals surface area contributed by atoms with Gasteiger partial charge in [-0.25, -0.2) is 9.97 Å². The highest BCUT2D eigenvalue weighted by Gasteiger charge is 2.20. The van der Waals surface area contributed by atoms with Crippen molar-refractivity contribution in [1.82, 2.24) is 14.9 Å². The number of hydrogen-bond donors (Lipinski definition) is 2. The van der Waals surface area contributed by atoms with Crippen LogP contribution in [-0.2, 0) is 9.53 Å². The number of anilines is 3. The first-order chi connectivity index (χ1) is 12.5. The molecule has 1 aromatic carbocycles. The fourth-order valence-corrected chi connectivity index (χ4v) is 2.66. The molecular weight excluding hydrogens is 334 g/mol. The quantitative estimate of drug-likeness (QED) is 0.870. The maximum Gasteiger partial charge on any atom is 0.272 e. The molecule has 3 rings (SSSR count). The minimum atomic E-state index is -0.122. The van der Waals surface area contributed by atoms with Gasteiger partial charge in [0.25, 0.3) is 5.91 Å². The average molecular weight is 355 g/mol. The van der Waals surface area contributed by atoms with E-state index in [-0.39, 0.29) is 11.8 Å². The Morgan fingerprint density at radius 1 is 1.08 bits per heavy atom. The van der Waals surface area contributed by atoms with Gasteiger partial charge in [-0.15, -0.1) is 0 Å². The third-order valence-corrected chi connectivity index (χ3v) is 3.83. The molecule has 2 N–H and O–H groups in total. The van der Waals surface area contributed by atoms with Crippen molar-refractivity contribution in [3.63, 3.8) is 0 Å². The highest BCUT2D eigenvalue weighted by Crippen LogP contribution is 2.19. The van der Waals surface area contributed by atoms with Gasteiger partial charge in [0.2, 0.25) is 5.91 Å². The topological polar surface area (TPSA) is 96.5 Å². The molecule has 0 unspecified atom stereocenters. The summed E-state index contributed by atoms with van der Waals surface area (Å²) in [6.07, 6.45) is 0. The zero-order valence-electron chi connectivity index (χ0n) is 14.8. The fourth-order valence-electron chi connectivity index (χ4n) is 2.66. The summed E-state index contributed by atoms with van der Waals surface area (Å²) >= 11 is 0. The van der Waals surface area contributed by atoms with Crippen LogP contribution in [0.2, 0.25) is 0 Å². The van der Waals surface area contributed by atoms with Gasteiger partial charge in [0.1, 0.15) is 17.3 Å². The Balaban J connectivity index is 1.74. The van der Waals surface area contributed by atoms with Crippen LogP contribution in [0.3, 0.4) is 0 Å². The van der Waals surface area contributed by atoms with Crippen molar-refractivity contribution in [3.8, 4) is 0 Å². The zero-order chi connectivity index (χ0) is 18.5. The van der Waals surface area contributed by atoms with E-state index in [1.165, 1.54) is 6.92 Å². The van der Waals surface area contributed by atoms with E-state index in [1.54, 1.807) is 30.0 Å². The van der Waals surface area contributed by atoms with Crippen molar-refractivity contribution in [2.24, 2.45) is 0 Å². The summed E-state index contributed by atoms with van der Waals surface area (Å²) < 4.78 is 5.28. The Kier molecular flexibility index (Phi) is 5.43. The number of nitrogens with one attached hydrogen (secondary N) is 2. The molecule has 0 spiro atoms. The molecular formula is C18H21N5O3. The molecule has 0 bridgehead atoms. The molecule has 1 fully saturated rings. The van der Waals surface area contributed by atoms with Crippen molar-refractivity contribution < 1.29 is 14.3 Å². The highest BCUT2D eigenvalue weighted by molar-refractivity contribution is 5.93. The van der Waals surface area contributed by atoms with Crippen LogP contribution in [0.4, 0.5) is 17.2 Å². The molecule has 8 nitrogen and oxygen atoms in total. The smallest absolute Gasteiger partial charge is 0.272 e. The van der Waals surface area contributed by atoms with E-state index in [9.17, 15) is 9.59 Å². The minimum Gasteiger partial charge on any atom is -0.378 e.